The normalized spacial score (nSPS) is 10.4. The minimum Gasteiger partial charge on any atom is -0.494 e. The number of ether oxygens (including phenoxy) is 1. The Labute approximate surface area is 99.1 Å². The van der Waals surface area contributed by atoms with E-state index < -0.39 is 0 Å². The number of hydrogen-bond acceptors (Lipinski definition) is 3. The molecule has 17 heavy (non-hydrogen) atoms. The summed E-state index contributed by atoms with van der Waals surface area (Å²) in [4.78, 5) is 4.31. The zero-order chi connectivity index (χ0) is 12.4. The van der Waals surface area contributed by atoms with Gasteiger partial charge in [-0.1, -0.05) is 0 Å². The van der Waals surface area contributed by atoms with Gasteiger partial charge in [0.2, 0.25) is 5.95 Å². The zero-order valence-electron chi connectivity index (χ0n) is 9.99. The van der Waals surface area contributed by atoms with Crippen LogP contribution in [0.3, 0.4) is 0 Å². The molecular weight excluding hydrogens is 221 g/mol. The van der Waals surface area contributed by atoms with Crippen molar-refractivity contribution in [3.63, 3.8) is 0 Å². The van der Waals surface area contributed by atoms with E-state index in [-0.39, 0.29) is 5.82 Å². The van der Waals surface area contributed by atoms with Crippen LogP contribution >= 0.6 is 0 Å². The van der Waals surface area contributed by atoms with Crippen LogP contribution in [0, 0.1) is 12.7 Å². The lowest BCUT2D eigenvalue weighted by Gasteiger charge is -2.10. The van der Waals surface area contributed by atoms with E-state index in [1.807, 2.05) is 24.7 Å². The summed E-state index contributed by atoms with van der Waals surface area (Å²) in [5.74, 6) is 0.807. The highest BCUT2D eigenvalue weighted by atomic mass is 19.1. The van der Waals surface area contributed by atoms with Crippen LogP contribution in [0.5, 0.6) is 5.75 Å². The molecule has 90 valence electrons. The molecule has 0 unspecified atom stereocenters. The topological polar surface area (TPSA) is 39.1 Å². The minimum atomic E-state index is -0.330. The number of hydrogen-bond donors (Lipinski definition) is 1. The molecule has 0 amide bonds. The lowest BCUT2D eigenvalue weighted by atomic mass is 10.3. The van der Waals surface area contributed by atoms with Crippen LogP contribution in [0.15, 0.2) is 24.4 Å². The summed E-state index contributed by atoms with van der Waals surface area (Å²) in [5.41, 5.74) is 1.60. The monoisotopic (exact) mass is 235 g/mol. The Morgan fingerprint density at radius 1 is 1.41 bits per heavy atom. The van der Waals surface area contributed by atoms with Gasteiger partial charge < -0.3 is 14.6 Å². The van der Waals surface area contributed by atoms with Gasteiger partial charge in [-0.15, -0.1) is 0 Å². The second-order valence-corrected chi connectivity index (χ2v) is 3.79. The van der Waals surface area contributed by atoms with Crippen LogP contribution < -0.4 is 10.1 Å². The summed E-state index contributed by atoms with van der Waals surface area (Å²) >= 11 is 0. The molecule has 5 heteroatoms. The van der Waals surface area contributed by atoms with Crippen LogP contribution in [-0.4, -0.2) is 16.7 Å². The molecular formula is C12H14FN3O. The fourth-order valence-corrected chi connectivity index (χ4v) is 1.62. The number of nitrogens with one attached hydrogen (secondary N) is 1. The predicted octanol–water partition coefficient (Wildman–Crippen LogP) is 2.62. The van der Waals surface area contributed by atoms with Gasteiger partial charge >= 0.3 is 0 Å². The third-order valence-electron chi connectivity index (χ3n) is 2.41. The average Bonchev–Trinajstić information content (AvgIpc) is 2.60. The highest BCUT2D eigenvalue weighted by molar-refractivity contribution is 5.62. The van der Waals surface area contributed by atoms with E-state index in [0.717, 1.165) is 5.69 Å². The molecule has 0 saturated heterocycles. The maximum atomic E-state index is 13.0. The van der Waals surface area contributed by atoms with E-state index in [1.165, 1.54) is 19.2 Å². The van der Waals surface area contributed by atoms with Crippen molar-refractivity contribution in [2.75, 3.05) is 12.4 Å². The Bertz CT molecular complexity index is 537. The fourth-order valence-electron chi connectivity index (χ4n) is 1.62. The molecule has 1 N–H and O–H groups in total. The summed E-state index contributed by atoms with van der Waals surface area (Å²) < 4.78 is 20.0. The van der Waals surface area contributed by atoms with E-state index in [4.69, 9.17) is 4.74 Å². The van der Waals surface area contributed by atoms with E-state index in [1.54, 1.807) is 6.07 Å². The number of aryl methyl sites for hydroxylation is 2. The van der Waals surface area contributed by atoms with E-state index in [0.29, 0.717) is 17.4 Å². The van der Waals surface area contributed by atoms with Crippen molar-refractivity contribution in [1.82, 2.24) is 9.55 Å². The second-order valence-electron chi connectivity index (χ2n) is 3.79. The highest BCUT2D eigenvalue weighted by Crippen LogP contribution is 2.27. The van der Waals surface area contributed by atoms with Gasteiger partial charge in [0.1, 0.15) is 11.6 Å². The van der Waals surface area contributed by atoms with Gasteiger partial charge in [-0.2, -0.15) is 0 Å². The molecule has 0 aliphatic carbocycles. The zero-order valence-corrected chi connectivity index (χ0v) is 9.99. The standard InChI is InChI=1S/C12H14FN3O/c1-8-7-16(2)12(14-8)15-10-5-4-9(13)6-11(10)17-3/h4-7H,1-3H3,(H,14,15). The number of nitrogens with zero attached hydrogens (tertiary/aromatic N) is 2. The van der Waals surface area contributed by atoms with Crippen molar-refractivity contribution in [3.05, 3.63) is 35.9 Å². The number of aromatic nitrogens is 2. The Balaban J connectivity index is 2.32. The van der Waals surface area contributed by atoms with Crippen molar-refractivity contribution in [2.45, 2.75) is 6.92 Å². The van der Waals surface area contributed by atoms with Gasteiger partial charge in [0.25, 0.3) is 0 Å². The Morgan fingerprint density at radius 3 is 2.76 bits per heavy atom. The van der Waals surface area contributed by atoms with Gasteiger partial charge in [0.05, 0.1) is 18.5 Å². The minimum absolute atomic E-state index is 0.330. The Kier molecular flexibility index (Phi) is 2.99. The van der Waals surface area contributed by atoms with Crippen molar-refractivity contribution >= 4 is 11.6 Å². The average molecular weight is 235 g/mol. The van der Waals surface area contributed by atoms with Crippen molar-refractivity contribution in [1.29, 1.82) is 0 Å². The molecule has 1 aromatic carbocycles. The summed E-state index contributed by atoms with van der Waals surface area (Å²) in [6.07, 6.45) is 1.90. The molecule has 0 atom stereocenters. The summed E-state index contributed by atoms with van der Waals surface area (Å²) in [5, 5.41) is 3.10. The molecule has 0 spiro atoms. The molecule has 0 saturated carbocycles. The fraction of sp³-hybridized carbons (Fsp3) is 0.250. The molecule has 0 aliphatic rings. The Morgan fingerprint density at radius 2 is 2.18 bits per heavy atom. The number of anilines is 2. The van der Waals surface area contributed by atoms with Crippen LogP contribution in [0.1, 0.15) is 5.69 Å². The summed E-state index contributed by atoms with van der Waals surface area (Å²) in [6, 6.07) is 4.33. The predicted molar refractivity (Wildman–Crippen MR) is 64.2 cm³/mol. The van der Waals surface area contributed by atoms with Gasteiger partial charge in [0, 0.05) is 19.3 Å². The third kappa shape index (κ3) is 2.38. The SMILES string of the molecule is COc1cc(F)ccc1Nc1nc(C)cn1C. The molecule has 1 aromatic heterocycles. The van der Waals surface area contributed by atoms with Crippen molar-refractivity contribution in [2.24, 2.45) is 7.05 Å². The molecule has 4 nitrogen and oxygen atoms in total. The third-order valence-corrected chi connectivity index (χ3v) is 2.41. The first kappa shape index (κ1) is 11.4. The maximum absolute atomic E-state index is 13.0. The van der Waals surface area contributed by atoms with Crippen LogP contribution in [0.25, 0.3) is 0 Å². The molecule has 2 rings (SSSR count). The maximum Gasteiger partial charge on any atom is 0.207 e. The number of rotatable bonds is 3. The van der Waals surface area contributed by atoms with Gasteiger partial charge in [-0.05, 0) is 19.1 Å². The van der Waals surface area contributed by atoms with E-state index in [2.05, 4.69) is 10.3 Å². The number of imidazole rings is 1. The molecule has 0 bridgehead atoms. The number of methoxy groups -OCH3 is 1. The number of benzene rings is 1. The lowest BCUT2D eigenvalue weighted by Crippen LogP contribution is -2.00. The van der Waals surface area contributed by atoms with Gasteiger partial charge in [0.15, 0.2) is 0 Å². The molecule has 1 heterocycles. The van der Waals surface area contributed by atoms with Gasteiger partial charge in [-0.3, -0.25) is 0 Å². The molecule has 0 radical (unpaired) electrons. The highest BCUT2D eigenvalue weighted by Gasteiger charge is 2.08. The van der Waals surface area contributed by atoms with Gasteiger partial charge in [-0.25, -0.2) is 9.37 Å². The van der Waals surface area contributed by atoms with Crippen LogP contribution in [0.4, 0.5) is 16.0 Å². The van der Waals surface area contributed by atoms with Crippen LogP contribution in [-0.2, 0) is 7.05 Å². The second kappa shape index (κ2) is 4.45. The summed E-state index contributed by atoms with van der Waals surface area (Å²) in [7, 11) is 3.39. The number of halogens is 1. The molecule has 0 aliphatic heterocycles. The molecule has 0 fully saturated rings. The van der Waals surface area contributed by atoms with E-state index >= 15 is 0 Å². The largest absolute Gasteiger partial charge is 0.494 e. The quantitative estimate of drug-likeness (QED) is 0.888. The lowest BCUT2D eigenvalue weighted by molar-refractivity contribution is 0.413. The summed E-state index contributed by atoms with van der Waals surface area (Å²) in [6.45, 7) is 1.91. The van der Waals surface area contributed by atoms with Crippen LogP contribution in [0.2, 0.25) is 0 Å². The Hall–Kier alpha value is -2.04. The van der Waals surface area contributed by atoms with Crippen molar-refractivity contribution in [3.8, 4) is 5.75 Å². The first-order valence-electron chi connectivity index (χ1n) is 5.20. The first-order valence-corrected chi connectivity index (χ1v) is 5.20. The first-order chi connectivity index (χ1) is 8.10. The molecule has 2 aromatic rings. The van der Waals surface area contributed by atoms with E-state index in [9.17, 15) is 4.39 Å². The smallest absolute Gasteiger partial charge is 0.207 e. The van der Waals surface area contributed by atoms with Crippen molar-refractivity contribution < 1.29 is 9.13 Å².